The first-order chi connectivity index (χ1) is 8.24. The first-order valence-corrected chi connectivity index (χ1v) is 5.07. The number of hydrogen-bond donors (Lipinski definition) is 0. The first kappa shape index (κ1) is 11.2. The van der Waals surface area contributed by atoms with E-state index in [4.69, 9.17) is 13.6 Å². The minimum absolute atomic E-state index is 0.103. The third-order valence-electron chi connectivity index (χ3n) is 2.07. The molecule has 2 aromatic heterocycles. The Balaban J connectivity index is 2.23. The predicted molar refractivity (Wildman–Crippen MR) is 57.8 cm³/mol. The fraction of sp³-hybridized carbons (Fsp3) is 0.167. The van der Waals surface area contributed by atoms with Crippen LogP contribution < -0.4 is 0 Å². The van der Waals surface area contributed by atoms with Gasteiger partial charge in [-0.2, -0.15) is 0 Å². The average molecular weight is 234 g/mol. The van der Waals surface area contributed by atoms with Crippen LogP contribution in [0.5, 0.6) is 0 Å². The van der Waals surface area contributed by atoms with Crippen molar-refractivity contribution in [3.8, 4) is 11.5 Å². The number of hydrogen-bond acceptors (Lipinski definition) is 5. The number of furan rings is 2. The minimum atomic E-state index is -0.527. The molecule has 0 bridgehead atoms. The second-order valence-corrected chi connectivity index (χ2v) is 3.20. The van der Waals surface area contributed by atoms with E-state index in [1.165, 1.54) is 12.1 Å². The van der Waals surface area contributed by atoms with Crippen molar-refractivity contribution >= 4 is 12.3 Å². The molecule has 0 N–H and O–H groups in total. The molecule has 0 unspecified atom stereocenters. The Bertz CT molecular complexity index is 535. The van der Waals surface area contributed by atoms with Gasteiger partial charge in [0.1, 0.15) is 0 Å². The molecule has 0 spiro atoms. The summed E-state index contributed by atoms with van der Waals surface area (Å²) in [5.41, 5.74) is 0. The summed E-state index contributed by atoms with van der Waals surface area (Å²) >= 11 is 0. The highest BCUT2D eigenvalue weighted by Crippen LogP contribution is 2.24. The Hall–Kier alpha value is -2.30. The summed E-state index contributed by atoms with van der Waals surface area (Å²) in [6, 6.07) is 6.20. The van der Waals surface area contributed by atoms with Gasteiger partial charge >= 0.3 is 5.97 Å². The van der Waals surface area contributed by atoms with Crippen molar-refractivity contribution in [2.24, 2.45) is 0 Å². The molecule has 88 valence electrons. The van der Waals surface area contributed by atoms with E-state index in [0.29, 0.717) is 17.8 Å². The largest absolute Gasteiger partial charge is 0.460 e. The molecule has 2 heterocycles. The summed E-state index contributed by atoms with van der Waals surface area (Å²) in [4.78, 5) is 21.8. The molecule has 0 saturated heterocycles. The Morgan fingerprint density at radius 1 is 1.24 bits per heavy atom. The number of rotatable bonds is 4. The molecule has 0 atom stereocenters. The summed E-state index contributed by atoms with van der Waals surface area (Å²) in [6.07, 6.45) is 0.596. The highest BCUT2D eigenvalue weighted by atomic mass is 16.5. The molecule has 0 amide bonds. The Morgan fingerprint density at radius 2 is 1.94 bits per heavy atom. The second-order valence-electron chi connectivity index (χ2n) is 3.20. The van der Waals surface area contributed by atoms with E-state index in [2.05, 4.69) is 0 Å². The van der Waals surface area contributed by atoms with Gasteiger partial charge in [-0.1, -0.05) is 0 Å². The zero-order valence-corrected chi connectivity index (χ0v) is 9.14. The van der Waals surface area contributed by atoms with Crippen LogP contribution in [0.25, 0.3) is 11.5 Å². The number of carbonyl (C=O) groups excluding carboxylic acids is 2. The van der Waals surface area contributed by atoms with Crippen LogP contribution >= 0.6 is 0 Å². The van der Waals surface area contributed by atoms with Crippen LogP contribution in [0, 0.1) is 0 Å². The Labute approximate surface area is 97.0 Å². The smallest absolute Gasteiger partial charge is 0.374 e. The van der Waals surface area contributed by atoms with Gasteiger partial charge in [-0.25, -0.2) is 4.79 Å². The van der Waals surface area contributed by atoms with Gasteiger partial charge in [-0.3, -0.25) is 4.79 Å². The zero-order chi connectivity index (χ0) is 12.3. The van der Waals surface area contributed by atoms with Crippen LogP contribution in [0.4, 0.5) is 0 Å². The maximum atomic E-state index is 11.3. The van der Waals surface area contributed by atoms with E-state index < -0.39 is 5.97 Å². The van der Waals surface area contributed by atoms with Gasteiger partial charge in [-0.05, 0) is 31.2 Å². The van der Waals surface area contributed by atoms with Gasteiger partial charge in [-0.15, -0.1) is 0 Å². The fourth-order valence-corrected chi connectivity index (χ4v) is 1.33. The molecule has 0 radical (unpaired) electrons. The molecule has 0 aliphatic rings. The molecule has 17 heavy (non-hydrogen) atoms. The molecular weight excluding hydrogens is 224 g/mol. The molecule has 5 heteroatoms. The lowest BCUT2D eigenvalue weighted by Gasteiger charge is -1.96. The van der Waals surface area contributed by atoms with Gasteiger partial charge < -0.3 is 13.6 Å². The average Bonchev–Trinajstić information content (AvgIpc) is 2.98. The van der Waals surface area contributed by atoms with Crippen LogP contribution in [-0.2, 0) is 4.74 Å². The van der Waals surface area contributed by atoms with Crippen LogP contribution in [0.1, 0.15) is 28.0 Å². The Morgan fingerprint density at radius 3 is 2.59 bits per heavy atom. The molecule has 5 nitrogen and oxygen atoms in total. The number of carbonyl (C=O) groups is 2. The summed E-state index contributed by atoms with van der Waals surface area (Å²) in [7, 11) is 0. The lowest BCUT2D eigenvalue weighted by Crippen LogP contribution is -2.02. The van der Waals surface area contributed by atoms with E-state index >= 15 is 0 Å². The van der Waals surface area contributed by atoms with E-state index in [9.17, 15) is 9.59 Å². The van der Waals surface area contributed by atoms with Crippen LogP contribution in [-0.4, -0.2) is 18.9 Å². The van der Waals surface area contributed by atoms with E-state index in [0.717, 1.165) is 0 Å². The standard InChI is InChI=1S/C12H10O5/c1-2-15-12(14)11-6-5-10(17-11)9-4-3-8(7-13)16-9/h3-7H,2H2,1H3. The molecule has 0 fully saturated rings. The van der Waals surface area contributed by atoms with Crippen LogP contribution in [0.3, 0.4) is 0 Å². The highest BCUT2D eigenvalue weighted by Gasteiger charge is 2.14. The lowest BCUT2D eigenvalue weighted by atomic mass is 10.3. The molecule has 2 aromatic rings. The van der Waals surface area contributed by atoms with Gasteiger partial charge in [0, 0.05) is 0 Å². The molecular formula is C12H10O5. The van der Waals surface area contributed by atoms with Gasteiger partial charge in [0.15, 0.2) is 23.6 Å². The molecule has 2 rings (SSSR count). The Kier molecular flexibility index (Phi) is 3.09. The van der Waals surface area contributed by atoms with E-state index in [-0.39, 0.29) is 18.1 Å². The fourth-order valence-electron chi connectivity index (χ4n) is 1.33. The maximum absolute atomic E-state index is 11.3. The second kappa shape index (κ2) is 4.69. The van der Waals surface area contributed by atoms with Gasteiger partial charge in [0.25, 0.3) is 0 Å². The summed E-state index contributed by atoms with van der Waals surface area (Å²) in [5, 5.41) is 0. The van der Waals surface area contributed by atoms with E-state index in [1.807, 2.05) is 0 Å². The maximum Gasteiger partial charge on any atom is 0.374 e. The van der Waals surface area contributed by atoms with Crippen molar-refractivity contribution in [1.82, 2.24) is 0 Å². The molecule has 0 aliphatic carbocycles. The molecule has 0 aliphatic heterocycles. The van der Waals surface area contributed by atoms with Crippen molar-refractivity contribution in [2.45, 2.75) is 6.92 Å². The quantitative estimate of drug-likeness (QED) is 0.600. The zero-order valence-electron chi connectivity index (χ0n) is 9.14. The topological polar surface area (TPSA) is 69.7 Å². The summed E-state index contributed by atoms with van der Waals surface area (Å²) < 4.78 is 15.2. The van der Waals surface area contributed by atoms with Crippen molar-refractivity contribution in [2.75, 3.05) is 6.61 Å². The van der Waals surface area contributed by atoms with Crippen molar-refractivity contribution in [3.05, 3.63) is 35.8 Å². The van der Waals surface area contributed by atoms with E-state index in [1.54, 1.807) is 19.1 Å². The SMILES string of the molecule is CCOC(=O)c1ccc(-c2ccc(C=O)o2)o1. The highest BCUT2D eigenvalue weighted by molar-refractivity contribution is 5.87. The third kappa shape index (κ3) is 2.28. The van der Waals surface area contributed by atoms with Crippen LogP contribution in [0.2, 0.25) is 0 Å². The first-order valence-electron chi connectivity index (χ1n) is 5.07. The van der Waals surface area contributed by atoms with Gasteiger partial charge in [0.2, 0.25) is 5.76 Å². The van der Waals surface area contributed by atoms with Crippen molar-refractivity contribution in [3.63, 3.8) is 0 Å². The summed E-state index contributed by atoms with van der Waals surface area (Å²) in [5.74, 6) is 0.546. The summed E-state index contributed by atoms with van der Waals surface area (Å²) in [6.45, 7) is 2.00. The normalized spacial score (nSPS) is 10.2. The third-order valence-corrected chi connectivity index (χ3v) is 2.07. The predicted octanol–water partition coefficient (Wildman–Crippen LogP) is 2.53. The molecule has 0 aromatic carbocycles. The monoisotopic (exact) mass is 234 g/mol. The molecule has 0 saturated carbocycles. The van der Waals surface area contributed by atoms with Crippen molar-refractivity contribution in [1.29, 1.82) is 0 Å². The van der Waals surface area contributed by atoms with Crippen LogP contribution in [0.15, 0.2) is 33.1 Å². The number of aldehydes is 1. The van der Waals surface area contributed by atoms with Gasteiger partial charge in [0.05, 0.1) is 6.61 Å². The number of ether oxygens (including phenoxy) is 1. The lowest BCUT2D eigenvalue weighted by molar-refractivity contribution is 0.0491. The number of esters is 1. The van der Waals surface area contributed by atoms with Crippen molar-refractivity contribution < 1.29 is 23.2 Å². The minimum Gasteiger partial charge on any atom is -0.460 e.